The van der Waals surface area contributed by atoms with Crippen LogP contribution in [-0.4, -0.2) is 77.0 Å². The van der Waals surface area contributed by atoms with Gasteiger partial charge in [-0.1, -0.05) is 12.1 Å². The second-order valence-corrected chi connectivity index (χ2v) is 8.87. The van der Waals surface area contributed by atoms with E-state index in [1.165, 1.54) is 12.1 Å². The van der Waals surface area contributed by atoms with Gasteiger partial charge in [-0.25, -0.2) is 9.18 Å². The number of benzene rings is 2. The molecule has 1 saturated heterocycles. The Morgan fingerprint density at radius 1 is 1.15 bits per heavy atom. The minimum absolute atomic E-state index is 0.157. The number of pyridine rings is 1. The summed E-state index contributed by atoms with van der Waals surface area (Å²) in [5, 5.41) is 11.6. The highest BCUT2D eigenvalue weighted by Crippen LogP contribution is 2.44. The van der Waals surface area contributed by atoms with Crippen molar-refractivity contribution in [3.05, 3.63) is 65.1 Å². The number of fused-ring (bicyclic) bond motifs is 2. The fraction of sp³-hybridized carbons (Fsp3) is 0.320. The van der Waals surface area contributed by atoms with Gasteiger partial charge >= 0.3 is 6.03 Å². The van der Waals surface area contributed by atoms with Gasteiger partial charge in [-0.15, -0.1) is 0 Å². The third kappa shape index (κ3) is 3.71. The van der Waals surface area contributed by atoms with Crippen LogP contribution in [0.25, 0.3) is 10.9 Å². The first-order valence-electron chi connectivity index (χ1n) is 11.2. The molecule has 3 aromatic rings. The number of nitrogens with zero attached hydrogens (tertiary/aromatic N) is 5. The molecule has 1 fully saturated rings. The van der Waals surface area contributed by atoms with Crippen molar-refractivity contribution in [3.63, 3.8) is 0 Å². The molecule has 0 aliphatic carbocycles. The standard InChI is InChI=1S/C25H26FN5O3/c1-28-10-12-30(13-11-28)25(34)29(2)22-18-4-3-9-27-21(18)23(32)20-19(22)15-31(24(20)33)14-16-5-7-17(26)8-6-16/h3-9,32H,10-15H2,1-2H3. The second-order valence-electron chi connectivity index (χ2n) is 8.87. The molecule has 34 heavy (non-hydrogen) atoms. The summed E-state index contributed by atoms with van der Waals surface area (Å²) in [6.45, 7) is 3.29. The molecule has 2 aliphatic heterocycles. The fourth-order valence-electron chi connectivity index (χ4n) is 4.76. The summed E-state index contributed by atoms with van der Waals surface area (Å²) < 4.78 is 13.3. The first-order valence-corrected chi connectivity index (χ1v) is 11.2. The molecule has 1 N–H and O–H groups in total. The van der Waals surface area contributed by atoms with E-state index in [2.05, 4.69) is 9.88 Å². The summed E-state index contributed by atoms with van der Waals surface area (Å²) in [5.74, 6) is -0.867. The van der Waals surface area contributed by atoms with Crippen molar-refractivity contribution in [1.29, 1.82) is 0 Å². The quantitative estimate of drug-likeness (QED) is 0.646. The Kier molecular flexibility index (Phi) is 5.57. The van der Waals surface area contributed by atoms with Crippen LogP contribution in [0.15, 0.2) is 42.6 Å². The van der Waals surface area contributed by atoms with Crippen molar-refractivity contribution in [2.24, 2.45) is 0 Å². The molecule has 1 aromatic heterocycles. The molecular weight excluding hydrogens is 437 g/mol. The Morgan fingerprint density at radius 3 is 2.56 bits per heavy atom. The van der Waals surface area contributed by atoms with Gasteiger partial charge in [0.15, 0.2) is 5.75 Å². The van der Waals surface area contributed by atoms with Crippen LogP contribution in [0.1, 0.15) is 21.5 Å². The number of halogens is 1. The number of piperazine rings is 1. The predicted molar refractivity (Wildman–Crippen MR) is 126 cm³/mol. The number of urea groups is 1. The lowest BCUT2D eigenvalue weighted by molar-refractivity contribution is 0.0764. The molecule has 2 aromatic carbocycles. The van der Waals surface area contributed by atoms with Crippen LogP contribution in [0, 0.1) is 5.82 Å². The smallest absolute Gasteiger partial charge is 0.324 e. The Hall–Kier alpha value is -3.72. The van der Waals surface area contributed by atoms with Crippen molar-refractivity contribution in [3.8, 4) is 5.75 Å². The number of carbonyl (C=O) groups excluding carboxylic acids is 2. The lowest BCUT2D eigenvalue weighted by Gasteiger charge is -2.35. The number of carbonyl (C=O) groups is 2. The van der Waals surface area contributed by atoms with E-state index in [9.17, 15) is 19.1 Å². The summed E-state index contributed by atoms with van der Waals surface area (Å²) in [5.41, 5.74) is 2.39. The normalized spacial score (nSPS) is 16.3. The molecule has 3 amide bonds. The molecule has 0 unspecified atom stereocenters. The molecule has 2 aliphatic rings. The highest BCUT2D eigenvalue weighted by atomic mass is 19.1. The summed E-state index contributed by atoms with van der Waals surface area (Å²) in [4.78, 5) is 38.2. The van der Waals surface area contributed by atoms with Gasteiger partial charge in [0.05, 0.1) is 11.3 Å². The summed E-state index contributed by atoms with van der Waals surface area (Å²) in [7, 11) is 3.73. The van der Waals surface area contributed by atoms with Crippen molar-refractivity contribution >= 4 is 28.5 Å². The Morgan fingerprint density at radius 2 is 1.85 bits per heavy atom. The van der Waals surface area contributed by atoms with Gasteiger partial charge in [0.2, 0.25) is 0 Å². The molecule has 8 nitrogen and oxygen atoms in total. The van der Waals surface area contributed by atoms with Gasteiger partial charge < -0.3 is 19.8 Å². The van der Waals surface area contributed by atoms with E-state index < -0.39 is 0 Å². The van der Waals surface area contributed by atoms with Crippen LogP contribution in [0.3, 0.4) is 0 Å². The van der Waals surface area contributed by atoms with Gasteiger partial charge in [0.1, 0.15) is 11.3 Å². The van der Waals surface area contributed by atoms with E-state index in [4.69, 9.17) is 0 Å². The minimum atomic E-state index is -0.346. The fourth-order valence-corrected chi connectivity index (χ4v) is 4.76. The molecule has 3 heterocycles. The monoisotopic (exact) mass is 463 g/mol. The maximum Gasteiger partial charge on any atom is 0.324 e. The average Bonchev–Trinajstić information content (AvgIpc) is 3.16. The average molecular weight is 464 g/mol. The van der Waals surface area contributed by atoms with E-state index in [0.717, 1.165) is 18.7 Å². The lowest BCUT2D eigenvalue weighted by atomic mass is 10.0. The van der Waals surface area contributed by atoms with Crippen molar-refractivity contribution in [2.75, 3.05) is 45.2 Å². The van der Waals surface area contributed by atoms with Gasteiger partial charge in [-0.3, -0.25) is 14.7 Å². The highest BCUT2D eigenvalue weighted by Gasteiger charge is 2.37. The molecule has 0 spiro atoms. The number of phenolic OH excluding ortho intramolecular Hbond substituents is 1. The summed E-state index contributed by atoms with van der Waals surface area (Å²) >= 11 is 0. The molecule has 5 rings (SSSR count). The zero-order valence-corrected chi connectivity index (χ0v) is 19.2. The maximum absolute atomic E-state index is 13.4. The molecule has 0 saturated carbocycles. The number of phenols is 1. The van der Waals surface area contributed by atoms with Crippen molar-refractivity contribution in [1.82, 2.24) is 19.7 Å². The number of amides is 3. The van der Waals surface area contributed by atoms with Gasteiger partial charge in [-0.05, 0) is 36.9 Å². The third-order valence-corrected chi connectivity index (χ3v) is 6.64. The molecule has 0 atom stereocenters. The number of anilines is 1. The molecule has 176 valence electrons. The number of aromatic hydroxyl groups is 1. The Bertz CT molecular complexity index is 1270. The minimum Gasteiger partial charge on any atom is -0.505 e. The van der Waals surface area contributed by atoms with Crippen LogP contribution < -0.4 is 4.90 Å². The molecule has 0 bridgehead atoms. The van der Waals surface area contributed by atoms with E-state index in [0.29, 0.717) is 29.7 Å². The van der Waals surface area contributed by atoms with E-state index in [-0.39, 0.29) is 47.7 Å². The van der Waals surface area contributed by atoms with Crippen molar-refractivity contribution < 1.29 is 19.1 Å². The van der Waals surface area contributed by atoms with Crippen LogP contribution in [-0.2, 0) is 13.1 Å². The number of aromatic nitrogens is 1. The zero-order chi connectivity index (χ0) is 24.0. The predicted octanol–water partition coefficient (Wildman–Crippen LogP) is 3.04. The van der Waals surface area contributed by atoms with Crippen molar-refractivity contribution in [2.45, 2.75) is 13.1 Å². The van der Waals surface area contributed by atoms with Gasteiger partial charge in [-0.2, -0.15) is 0 Å². The first-order chi connectivity index (χ1) is 16.3. The summed E-state index contributed by atoms with van der Waals surface area (Å²) in [6.07, 6.45) is 1.55. The van der Waals surface area contributed by atoms with E-state index in [1.807, 2.05) is 7.05 Å². The SMILES string of the molecule is CN1CCN(C(=O)N(C)c2c3c(c(O)c4ncccc24)C(=O)N(Cc2ccc(F)cc2)C3)CC1. The van der Waals surface area contributed by atoms with Crippen LogP contribution >= 0.6 is 0 Å². The second kappa shape index (κ2) is 8.57. The number of hydrogen-bond donors (Lipinski definition) is 1. The van der Waals surface area contributed by atoms with Crippen LogP contribution in [0.4, 0.5) is 14.9 Å². The highest BCUT2D eigenvalue weighted by molar-refractivity contribution is 6.13. The third-order valence-electron chi connectivity index (χ3n) is 6.64. The van der Waals surface area contributed by atoms with Gasteiger partial charge in [0, 0.05) is 63.5 Å². The number of rotatable bonds is 3. The topological polar surface area (TPSA) is 80.2 Å². The number of likely N-dealkylation sites (N-methyl/N-ethyl adjacent to an activating group) is 1. The Balaban J connectivity index is 1.56. The maximum atomic E-state index is 13.4. The Labute approximate surface area is 196 Å². The van der Waals surface area contributed by atoms with E-state index in [1.54, 1.807) is 52.2 Å². The summed E-state index contributed by atoms with van der Waals surface area (Å²) in [6, 6.07) is 9.37. The van der Waals surface area contributed by atoms with Crippen LogP contribution in [0.2, 0.25) is 0 Å². The zero-order valence-electron chi connectivity index (χ0n) is 19.2. The largest absolute Gasteiger partial charge is 0.505 e. The van der Waals surface area contributed by atoms with Gasteiger partial charge in [0.25, 0.3) is 5.91 Å². The number of hydrogen-bond acceptors (Lipinski definition) is 5. The lowest BCUT2D eigenvalue weighted by Crippen LogP contribution is -2.51. The first kappa shape index (κ1) is 22.1. The molecule has 9 heteroatoms. The molecule has 0 radical (unpaired) electrons. The van der Waals surface area contributed by atoms with E-state index >= 15 is 0 Å². The van der Waals surface area contributed by atoms with Crippen LogP contribution in [0.5, 0.6) is 5.75 Å². The molecular formula is C25H26FN5O3.